The molecule has 0 spiro atoms. The van der Waals surface area contributed by atoms with E-state index in [1.54, 1.807) is 30.3 Å². The number of amides is 1. The topological polar surface area (TPSA) is 86.6 Å². The lowest BCUT2D eigenvalue weighted by molar-refractivity contribution is -0.173. The minimum absolute atomic E-state index is 0.0450. The maximum Gasteiger partial charge on any atom is 0.410 e. The highest BCUT2D eigenvalue weighted by atomic mass is 35.5. The van der Waals surface area contributed by atoms with E-state index in [9.17, 15) is 18.0 Å². The Hall–Kier alpha value is -3.60. The highest BCUT2D eigenvalue weighted by Crippen LogP contribution is 2.45. The van der Waals surface area contributed by atoms with Crippen molar-refractivity contribution >= 4 is 29.0 Å². The van der Waals surface area contributed by atoms with Crippen LogP contribution in [0, 0.1) is 0 Å². The van der Waals surface area contributed by atoms with Crippen molar-refractivity contribution in [3.05, 3.63) is 58.7 Å². The molecule has 186 valence electrons. The Morgan fingerprint density at radius 2 is 1.77 bits per heavy atom. The lowest BCUT2D eigenvalue weighted by Gasteiger charge is -2.34. The van der Waals surface area contributed by atoms with E-state index in [-0.39, 0.29) is 22.8 Å². The van der Waals surface area contributed by atoms with Crippen molar-refractivity contribution in [1.82, 2.24) is 9.78 Å². The molecule has 0 saturated carbocycles. The first kappa shape index (κ1) is 24.5. The average Bonchev–Trinajstić information content (AvgIpc) is 3.26. The van der Waals surface area contributed by atoms with Gasteiger partial charge < -0.3 is 24.8 Å². The number of anilines is 2. The maximum absolute atomic E-state index is 14.0. The fourth-order valence-electron chi connectivity index (χ4n) is 3.96. The second-order valence-corrected chi connectivity index (χ2v) is 8.17. The largest absolute Gasteiger partial charge is 0.495 e. The summed E-state index contributed by atoms with van der Waals surface area (Å²) in [6, 6.07) is 6.78. The number of halogens is 4. The minimum Gasteiger partial charge on any atom is -0.495 e. The van der Waals surface area contributed by atoms with Crippen LogP contribution in [0.4, 0.5) is 24.7 Å². The molecular formula is C23H22ClF3N4O4. The number of fused-ring (bicyclic) bond motifs is 1. The predicted molar refractivity (Wildman–Crippen MR) is 124 cm³/mol. The monoisotopic (exact) mass is 510 g/mol. The van der Waals surface area contributed by atoms with Gasteiger partial charge in [0, 0.05) is 12.1 Å². The molecule has 12 heteroatoms. The van der Waals surface area contributed by atoms with E-state index in [2.05, 4.69) is 15.7 Å². The van der Waals surface area contributed by atoms with Crippen LogP contribution in [-0.4, -0.2) is 43.2 Å². The van der Waals surface area contributed by atoms with Crippen LogP contribution in [0.2, 0.25) is 5.02 Å². The van der Waals surface area contributed by atoms with Gasteiger partial charge in [-0.2, -0.15) is 18.3 Å². The van der Waals surface area contributed by atoms with Crippen LogP contribution >= 0.6 is 11.6 Å². The molecule has 0 fully saturated rings. The van der Waals surface area contributed by atoms with E-state index in [1.807, 2.05) is 0 Å². The summed E-state index contributed by atoms with van der Waals surface area (Å²) in [7, 11) is 4.36. The predicted octanol–water partition coefficient (Wildman–Crippen LogP) is 5.47. The number of aromatic nitrogens is 2. The summed E-state index contributed by atoms with van der Waals surface area (Å²) < 4.78 is 58.4. The van der Waals surface area contributed by atoms with Crippen molar-refractivity contribution in [2.45, 2.75) is 24.7 Å². The molecule has 0 unspecified atom stereocenters. The molecule has 1 amide bonds. The van der Waals surface area contributed by atoms with E-state index >= 15 is 0 Å². The van der Waals surface area contributed by atoms with Crippen LogP contribution in [0.5, 0.6) is 17.2 Å². The summed E-state index contributed by atoms with van der Waals surface area (Å²) in [5.74, 6) is 0.552. The first-order valence-corrected chi connectivity index (χ1v) is 10.8. The van der Waals surface area contributed by atoms with Crippen LogP contribution in [0.15, 0.2) is 42.6 Å². The molecule has 2 aromatic carbocycles. The number of benzene rings is 2. The zero-order chi connectivity index (χ0) is 25.3. The summed E-state index contributed by atoms with van der Waals surface area (Å²) in [4.78, 5) is 13.0. The molecule has 0 aliphatic carbocycles. The summed E-state index contributed by atoms with van der Waals surface area (Å²) >= 11 is 6.11. The van der Waals surface area contributed by atoms with Crippen molar-refractivity contribution in [2.75, 3.05) is 32.0 Å². The number of rotatable bonds is 6. The Labute approximate surface area is 203 Å². The fraction of sp³-hybridized carbons (Fsp3) is 0.304. The molecule has 1 aliphatic heterocycles. The second-order valence-electron chi connectivity index (χ2n) is 7.76. The molecule has 8 nitrogen and oxygen atoms in total. The average molecular weight is 511 g/mol. The number of nitrogens with one attached hydrogen (secondary N) is 2. The van der Waals surface area contributed by atoms with E-state index in [0.29, 0.717) is 28.5 Å². The second kappa shape index (κ2) is 9.57. The van der Waals surface area contributed by atoms with E-state index in [1.165, 1.54) is 27.4 Å². The Kier molecular flexibility index (Phi) is 6.70. The Bertz CT molecular complexity index is 1250. The number of nitrogens with zero attached hydrogens (tertiary/aromatic N) is 2. The standard InChI is InChI=1S/C23H22ClF3N4O4/c1-33-17-7-5-13(9-15(17)24)29-22(32)14-11-28-31-20(23(25,26)27)10-16(30-21(14)31)12-4-6-18(34-2)19(8-12)35-3/h4-9,11,16,20,30H,10H2,1-3H3,(H,29,32)/t16-,20+/m1/s1. The number of alkyl halides is 3. The molecule has 1 aromatic heterocycles. The first-order valence-electron chi connectivity index (χ1n) is 10.4. The van der Waals surface area contributed by atoms with Gasteiger partial charge in [-0.1, -0.05) is 17.7 Å². The molecule has 0 saturated heterocycles. The lowest BCUT2D eigenvalue weighted by atomic mass is 9.96. The van der Waals surface area contributed by atoms with Crippen LogP contribution in [0.3, 0.4) is 0 Å². The number of methoxy groups -OCH3 is 3. The van der Waals surface area contributed by atoms with Gasteiger partial charge in [0.15, 0.2) is 17.5 Å². The van der Waals surface area contributed by atoms with Gasteiger partial charge >= 0.3 is 6.18 Å². The van der Waals surface area contributed by atoms with Crippen molar-refractivity contribution < 1.29 is 32.2 Å². The smallest absolute Gasteiger partial charge is 0.410 e. The summed E-state index contributed by atoms with van der Waals surface area (Å²) in [6.07, 6.45) is -3.81. The molecule has 2 heterocycles. The van der Waals surface area contributed by atoms with Gasteiger partial charge in [0.2, 0.25) is 0 Å². The van der Waals surface area contributed by atoms with Crippen LogP contribution in [0.1, 0.15) is 34.4 Å². The van der Waals surface area contributed by atoms with Gasteiger partial charge in [-0.25, -0.2) is 4.68 Å². The van der Waals surface area contributed by atoms with Gasteiger partial charge in [-0.15, -0.1) is 0 Å². The molecule has 3 aromatic rings. The number of ether oxygens (including phenoxy) is 3. The third-order valence-corrected chi connectivity index (χ3v) is 6.00. The Morgan fingerprint density at radius 3 is 2.40 bits per heavy atom. The van der Waals surface area contributed by atoms with E-state index in [0.717, 1.165) is 10.9 Å². The fourth-order valence-corrected chi connectivity index (χ4v) is 4.22. The summed E-state index contributed by atoms with van der Waals surface area (Å²) in [5.41, 5.74) is 0.842. The maximum atomic E-state index is 14.0. The van der Waals surface area contributed by atoms with E-state index < -0.39 is 24.2 Å². The van der Waals surface area contributed by atoms with Crippen molar-refractivity contribution in [1.29, 1.82) is 0 Å². The van der Waals surface area contributed by atoms with Crippen molar-refractivity contribution in [3.63, 3.8) is 0 Å². The number of carbonyl (C=O) groups is 1. The number of hydrogen-bond donors (Lipinski definition) is 2. The highest BCUT2D eigenvalue weighted by molar-refractivity contribution is 6.32. The third-order valence-electron chi connectivity index (χ3n) is 5.70. The van der Waals surface area contributed by atoms with Gasteiger partial charge in [-0.3, -0.25) is 4.79 Å². The van der Waals surface area contributed by atoms with Crippen molar-refractivity contribution in [2.24, 2.45) is 0 Å². The van der Waals surface area contributed by atoms with E-state index in [4.69, 9.17) is 25.8 Å². The molecule has 2 atom stereocenters. The lowest BCUT2D eigenvalue weighted by Crippen LogP contribution is -2.36. The summed E-state index contributed by atoms with van der Waals surface area (Å²) in [5, 5.41) is 9.84. The zero-order valence-electron chi connectivity index (χ0n) is 18.9. The minimum atomic E-state index is -4.59. The van der Waals surface area contributed by atoms with Gasteiger partial charge in [-0.05, 0) is 35.9 Å². The SMILES string of the molecule is COc1ccc(NC(=O)c2cnn3c2N[C@@H](c2ccc(OC)c(OC)c2)C[C@H]3C(F)(F)F)cc1Cl. The molecule has 35 heavy (non-hydrogen) atoms. The normalized spacial score (nSPS) is 17.2. The zero-order valence-corrected chi connectivity index (χ0v) is 19.7. The highest BCUT2D eigenvalue weighted by Gasteiger charge is 2.47. The van der Waals surface area contributed by atoms with Crippen LogP contribution in [-0.2, 0) is 0 Å². The summed E-state index contributed by atoms with van der Waals surface area (Å²) in [6.45, 7) is 0. The first-order chi connectivity index (χ1) is 16.7. The van der Waals surface area contributed by atoms with Crippen LogP contribution < -0.4 is 24.8 Å². The van der Waals surface area contributed by atoms with Gasteiger partial charge in [0.1, 0.15) is 17.1 Å². The molecule has 4 rings (SSSR count). The molecule has 2 N–H and O–H groups in total. The van der Waals surface area contributed by atoms with Crippen molar-refractivity contribution in [3.8, 4) is 17.2 Å². The van der Waals surface area contributed by atoms with Gasteiger partial charge in [0.05, 0.1) is 38.6 Å². The number of hydrogen-bond acceptors (Lipinski definition) is 6. The molecule has 1 aliphatic rings. The Balaban J connectivity index is 1.68. The van der Waals surface area contributed by atoms with Gasteiger partial charge in [0.25, 0.3) is 5.91 Å². The molecule has 0 bridgehead atoms. The number of carbonyl (C=O) groups excluding carboxylic acids is 1. The molecule has 0 radical (unpaired) electrons. The quantitative estimate of drug-likeness (QED) is 0.457. The Morgan fingerprint density at radius 1 is 1.09 bits per heavy atom. The van der Waals surface area contributed by atoms with Crippen LogP contribution in [0.25, 0.3) is 0 Å². The molecular weight excluding hydrogens is 489 g/mol. The third kappa shape index (κ3) is 4.81.